The predicted octanol–water partition coefficient (Wildman–Crippen LogP) is 2.85. The quantitative estimate of drug-likeness (QED) is 0.880. The van der Waals surface area contributed by atoms with Gasteiger partial charge in [0.1, 0.15) is 0 Å². The lowest BCUT2D eigenvalue weighted by Crippen LogP contribution is -2.17. The highest BCUT2D eigenvalue weighted by atomic mass is 79.9. The van der Waals surface area contributed by atoms with Crippen molar-refractivity contribution >= 4 is 21.8 Å². The maximum atomic E-state index is 14.3. The summed E-state index contributed by atoms with van der Waals surface area (Å²) in [6, 6.07) is 10.7. The second kappa shape index (κ2) is 5.93. The Bertz CT molecular complexity index is 589. The highest BCUT2D eigenvalue weighted by molar-refractivity contribution is 9.09. The smallest absolute Gasteiger partial charge is 0.251 e. The molecule has 0 saturated carbocycles. The molecule has 0 aliphatic heterocycles. The molecule has 2 N–H and O–H groups in total. The molecular weight excluding hydrogens is 311 g/mol. The maximum Gasteiger partial charge on any atom is 0.251 e. The van der Waals surface area contributed by atoms with Crippen LogP contribution in [0.25, 0.3) is 0 Å². The van der Waals surface area contributed by atoms with Gasteiger partial charge in [-0.25, -0.2) is 4.39 Å². The number of amides is 1. The summed E-state index contributed by atoms with van der Waals surface area (Å²) >= 11 is 3.36. The van der Waals surface area contributed by atoms with E-state index in [0.717, 1.165) is 5.56 Å². The Balaban J connectivity index is 2.51. The summed E-state index contributed by atoms with van der Waals surface area (Å²) in [5, 5.41) is 0.503. The Hall–Kier alpha value is -1.75. The zero-order chi connectivity index (χ0) is 13.8. The van der Waals surface area contributed by atoms with Crippen LogP contribution in [0.15, 0.2) is 42.6 Å². The van der Waals surface area contributed by atoms with Gasteiger partial charge in [-0.1, -0.05) is 46.3 Å². The maximum absolute atomic E-state index is 14.3. The van der Waals surface area contributed by atoms with Crippen LogP contribution in [0, 0.1) is 5.82 Å². The average molecular weight is 323 g/mol. The molecule has 0 aliphatic rings. The Morgan fingerprint density at radius 1 is 1.32 bits per heavy atom. The summed E-state index contributed by atoms with van der Waals surface area (Å²) in [6.07, 6.45) is 1.40. The van der Waals surface area contributed by atoms with Gasteiger partial charge in [0.05, 0.1) is 11.3 Å². The molecular formula is C14H12BrFN2O. The number of rotatable bonds is 4. The second-order valence-electron chi connectivity index (χ2n) is 4.04. The van der Waals surface area contributed by atoms with E-state index >= 15 is 0 Å². The van der Waals surface area contributed by atoms with Crippen molar-refractivity contribution in [1.29, 1.82) is 0 Å². The average Bonchev–Trinajstić information content (AvgIpc) is 2.42. The molecule has 0 fully saturated rings. The zero-order valence-electron chi connectivity index (χ0n) is 10.0. The fourth-order valence-corrected chi connectivity index (χ4v) is 2.58. The number of pyridine rings is 1. The van der Waals surface area contributed by atoms with E-state index in [-0.39, 0.29) is 17.2 Å². The number of benzene rings is 1. The molecule has 0 bridgehead atoms. The van der Waals surface area contributed by atoms with Crippen molar-refractivity contribution in [3.63, 3.8) is 0 Å². The number of aromatic nitrogens is 1. The molecule has 98 valence electrons. The molecule has 1 atom stereocenters. The number of nitrogens with zero attached hydrogens (tertiary/aromatic N) is 1. The van der Waals surface area contributed by atoms with Gasteiger partial charge in [-0.15, -0.1) is 0 Å². The number of hydrogen-bond acceptors (Lipinski definition) is 2. The molecule has 1 heterocycles. The molecule has 0 spiro atoms. The Labute approximate surface area is 118 Å². The summed E-state index contributed by atoms with van der Waals surface area (Å²) < 4.78 is 14.3. The van der Waals surface area contributed by atoms with E-state index in [1.54, 1.807) is 0 Å². The van der Waals surface area contributed by atoms with E-state index in [1.165, 1.54) is 12.3 Å². The molecule has 2 rings (SSSR count). The molecule has 0 saturated heterocycles. The third-order valence-electron chi connectivity index (χ3n) is 2.87. The number of primary amides is 1. The molecule has 3 nitrogen and oxygen atoms in total. The number of carbonyl (C=O) groups excluding carboxylic acids is 1. The monoisotopic (exact) mass is 322 g/mol. The predicted molar refractivity (Wildman–Crippen MR) is 74.8 cm³/mol. The van der Waals surface area contributed by atoms with Crippen molar-refractivity contribution in [3.05, 3.63) is 65.2 Å². The molecule has 1 amide bonds. The summed E-state index contributed by atoms with van der Waals surface area (Å²) in [5.74, 6) is -1.70. The van der Waals surface area contributed by atoms with E-state index in [1.807, 2.05) is 30.3 Å². The van der Waals surface area contributed by atoms with Crippen molar-refractivity contribution in [3.8, 4) is 0 Å². The van der Waals surface area contributed by atoms with Gasteiger partial charge in [0.15, 0.2) is 5.82 Å². The molecule has 19 heavy (non-hydrogen) atoms. The summed E-state index contributed by atoms with van der Waals surface area (Å²) in [4.78, 5) is 15.2. The number of alkyl halides is 1. The largest absolute Gasteiger partial charge is 0.366 e. The molecule has 5 heteroatoms. The summed E-state index contributed by atoms with van der Waals surface area (Å²) in [6.45, 7) is 0. The highest BCUT2D eigenvalue weighted by Crippen LogP contribution is 2.27. The molecule has 2 aromatic rings. The number of nitrogens with two attached hydrogens (primary N) is 1. The van der Waals surface area contributed by atoms with E-state index < -0.39 is 11.7 Å². The first kappa shape index (κ1) is 13.7. The van der Waals surface area contributed by atoms with Crippen molar-refractivity contribution in [2.45, 2.75) is 5.92 Å². The van der Waals surface area contributed by atoms with Crippen molar-refractivity contribution in [2.24, 2.45) is 5.73 Å². The highest BCUT2D eigenvalue weighted by Gasteiger charge is 2.22. The minimum absolute atomic E-state index is 0.133. The molecule has 0 radical (unpaired) electrons. The lowest BCUT2D eigenvalue weighted by atomic mass is 9.96. The Morgan fingerprint density at radius 3 is 2.58 bits per heavy atom. The lowest BCUT2D eigenvalue weighted by Gasteiger charge is -2.15. The SMILES string of the molecule is NC(=O)c1ccnc(C(CBr)c2ccccc2)c1F. The first-order chi connectivity index (χ1) is 9.15. The van der Waals surface area contributed by atoms with E-state index in [0.29, 0.717) is 5.33 Å². The van der Waals surface area contributed by atoms with E-state index in [2.05, 4.69) is 20.9 Å². The second-order valence-corrected chi connectivity index (χ2v) is 4.69. The third-order valence-corrected chi connectivity index (χ3v) is 3.52. The van der Waals surface area contributed by atoms with E-state index in [9.17, 15) is 9.18 Å². The summed E-state index contributed by atoms with van der Waals surface area (Å²) in [7, 11) is 0. The first-order valence-electron chi connectivity index (χ1n) is 5.70. The number of halogens is 2. The minimum Gasteiger partial charge on any atom is -0.366 e. The van der Waals surface area contributed by atoms with Crippen LogP contribution in [-0.4, -0.2) is 16.2 Å². The van der Waals surface area contributed by atoms with Gasteiger partial charge in [-0.2, -0.15) is 0 Å². The van der Waals surface area contributed by atoms with Crippen LogP contribution in [0.3, 0.4) is 0 Å². The molecule has 1 aromatic heterocycles. The van der Waals surface area contributed by atoms with Crippen molar-refractivity contribution in [2.75, 3.05) is 5.33 Å². The topological polar surface area (TPSA) is 56.0 Å². The summed E-state index contributed by atoms with van der Waals surface area (Å²) in [5.41, 5.74) is 6.16. The number of hydrogen-bond donors (Lipinski definition) is 1. The van der Waals surface area contributed by atoms with Gasteiger partial charge in [0.25, 0.3) is 5.91 Å². The minimum atomic E-state index is -0.789. The van der Waals surface area contributed by atoms with Crippen LogP contribution in [-0.2, 0) is 0 Å². The van der Waals surface area contributed by atoms with Gasteiger partial charge in [-0.3, -0.25) is 9.78 Å². The molecule has 1 unspecified atom stereocenters. The number of carbonyl (C=O) groups is 1. The zero-order valence-corrected chi connectivity index (χ0v) is 11.6. The standard InChI is InChI=1S/C14H12BrFN2O/c15-8-11(9-4-2-1-3-5-9)13-12(16)10(14(17)19)6-7-18-13/h1-7,11H,8H2,(H2,17,19). The Morgan fingerprint density at radius 2 is 2.00 bits per heavy atom. The lowest BCUT2D eigenvalue weighted by molar-refractivity contribution is 0.0996. The van der Waals surface area contributed by atoms with Crippen LogP contribution < -0.4 is 5.73 Å². The van der Waals surface area contributed by atoms with Crippen LogP contribution in [0.5, 0.6) is 0 Å². The fourth-order valence-electron chi connectivity index (χ4n) is 1.90. The van der Waals surface area contributed by atoms with Crippen LogP contribution >= 0.6 is 15.9 Å². The van der Waals surface area contributed by atoms with Gasteiger partial charge in [0, 0.05) is 17.4 Å². The first-order valence-corrected chi connectivity index (χ1v) is 6.82. The van der Waals surface area contributed by atoms with Crippen LogP contribution in [0.2, 0.25) is 0 Å². The van der Waals surface area contributed by atoms with Gasteiger partial charge in [-0.05, 0) is 11.6 Å². The van der Waals surface area contributed by atoms with Crippen molar-refractivity contribution < 1.29 is 9.18 Å². The normalized spacial score (nSPS) is 12.1. The Kier molecular flexibility index (Phi) is 4.27. The molecule has 1 aromatic carbocycles. The van der Waals surface area contributed by atoms with Crippen molar-refractivity contribution in [1.82, 2.24) is 4.98 Å². The molecule has 0 aliphatic carbocycles. The van der Waals surface area contributed by atoms with Gasteiger partial charge < -0.3 is 5.73 Å². The van der Waals surface area contributed by atoms with Gasteiger partial charge in [0.2, 0.25) is 0 Å². The van der Waals surface area contributed by atoms with Crippen LogP contribution in [0.1, 0.15) is 27.5 Å². The fraction of sp³-hybridized carbons (Fsp3) is 0.143. The van der Waals surface area contributed by atoms with E-state index in [4.69, 9.17) is 5.73 Å². The third kappa shape index (κ3) is 2.81. The van der Waals surface area contributed by atoms with Gasteiger partial charge >= 0.3 is 0 Å². The van der Waals surface area contributed by atoms with Crippen LogP contribution in [0.4, 0.5) is 4.39 Å².